The molecule has 0 heterocycles. The molecule has 0 aromatic carbocycles. The first-order chi connectivity index (χ1) is 7.02. The molecular weight excluding hydrogens is 214 g/mol. The van der Waals surface area contributed by atoms with Crippen molar-refractivity contribution in [3.8, 4) is 0 Å². The Kier molecular flexibility index (Phi) is 7.15. The third-order valence-electron chi connectivity index (χ3n) is 1.99. The van der Waals surface area contributed by atoms with Crippen molar-refractivity contribution in [2.75, 3.05) is 25.1 Å². The van der Waals surface area contributed by atoms with E-state index < -0.39 is 11.9 Å². The van der Waals surface area contributed by atoms with Crippen LogP contribution in [0, 0.1) is 0 Å². The van der Waals surface area contributed by atoms with E-state index in [1.54, 1.807) is 18.7 Å². The summed E-state index contributed by atoms with van der Waals surface area (Å²) in [5.41, 5.74) is 10.7. The second kappa shape index (κ2) is 7.53. The molecule has 0 aromatic rings. The van der Waals surface area contributed by atoms with Gasteiger partial charge in [-0.25, -0.2) is 0 Å². The molecule has 6 heteroatoms. The molecule has 0 saturated carbocycles. The van der Waals surface area contributed by atoms with Gasteiger partial charge in [0, 0.05) is 6.54 Å². The minimum Gasteiger partial charge on any atom is -0.368 e. The Morgan fingerprint density at radius 1 is 1.47 bits per heavy atom. The predicted molar refractivity (Wildman–Crippen MR) is 62.4 cm³/mol. The lowest BCUT2D eigenvalue weighted by Gasteiger charge is -2.22. The van der Waals surface area contributed by atoms with Crippen LogP contribution in [0.5, 0.6) is 0 Å². The molecule has 0 aliphatic carbocycles. The van der Waals surface area contributed by atoms with Gasteiger partial charge in [0.1, 0.15) is 0 Å². The maximum atomic E-state index is 11.7. The number of rotatable bonds is 7. The highest BCUT2D eigenvalue weighted by Crippen LogP contribution is 2.02. The van der Waals surface area contributed by atoms with Crippen LogP contribution in [0.3, 0.4) is 0 Å². The van der Waals surface area contributed by atoms with Crippen molar-refractivity contribution < 1.29 is 9.59 Å². The van der Waals surface area contributed by atoms with E-state index in [4.69, 9.17) is 11.5 Å². The first kappa shape index (κ1) is 14.2. The quantitative estimate of drug-likeness (QED) is 0.614. The van der Waals surface area contributed by atoms with E-state index in [-0.39, 0.29) is 12.5 Å². The van der Waals surface area contributed by atoms with Crippen LogP contribution < -0.4 is 11.5 Å². The van der Waals surface area contributed by atoms with Crippen molar-refractivity contribution in [2.24, 2.45) is 11.5 Å². The average Bonchev–Trinajstić information content (AvgIpc) is 2.21. The first-order valence-corrected chi connectivity index (χ1v) is 6.23. The third kappa shape index (κ3) is 5.64. The van der Waals surface area contributed by atoms with Crippen molar-refractivity contribution in [3.63, 3.8) is 0 Å². The monoisotopic (exact) mass is 233 g/mol. The zero-order valence-corrected chi connectivity index (χ0v) is 10.0. The highest BCUT2D eigenvalue weighted by Gasteiger charge is 2.20. The molecule has 0 rings (SSSR count). The molecule has 4 N–H and O–H groups in total. The number of amides is 2. The number of primary amides is 1. The summed E-state index contributed by atoms with van der Waals surface area (Å²) in [7, 11) is 0. The van der Waals surface area contributed by atoms with E-state index in [0.29, 0.717) is 13.0 Å². The van der Waals surface area contributed by atoms with E-state index in [9.17, 15) is 9.59 Å². The largest absolute Gasteiger partial charge is 0.368 e. The van der Waals surface area contributed by atoms with Crippen LogP contribution in [0.25, 0.3) is 0 Å². The van der Waals surface area contributed by atoms with Gasteiger partial charge in [0.15, 0.2) is 0 Å². The fourth-order valence-corrected chi connectivity index (χ4v) is 1.63. The molecule has 5 nitrogen and oxygen atoms in total. The van der Waals surface area contributed by atoms with Crippen molar-refractivity contribution in [1.82, 2.24) is 4.90 Å². The van der Waals surface area contributed by atoms with Crippen LogP contribution in [0.4, 0.5) is 0 Å². The van der Waals surface area contributed by atoms with Crippen LogP contribution in [-0.4, -0.2) is 47.9 Å². The van der Waals surface area contributed by atoms with Gasteiger partial charge in [-0.3, -0.25) is 9.59 Å². The van der Waals surface area contributed by atoms with Gasteiger partial charge in [-0.15, -0.1) is 0 Å². The fourth-order valence-electron chi connectivity index (χ4n) is 1.14. The lowest BCUT2D eigenvalue weighted by Crippen LogP contribution is -2.47. The molecule has 2 amide bonds. The van der Waals surface area contributed by atoms with Crippen LogP contribution in [0.2, 0.25) is 0 Å². The molecule has 0 unspecified atom stereocenters. The fraction of sp³-hybridized carbons (Fsp3) is 0.778. The summed E-state index contributed by atoms with van der Waals surface area (Å²) in [5, 5.41) is 0. The van der Waals surface area contributed by atoms with Crippen molar-refractivity contribution in [3.05, 3.63) is 0 Å². The van der Waals surface area contributed by atoms with Crippen LogP contribution in [0.15, 0.2) is 0 Å². The van der Waals surface area contributed by atoms with Gasteiger partial charge in [0.05, 0.1) is 12.6 Å². The maximum Gasteiger partial charge on any atom is 0.239 e. The molecule has 0 spiro atoms. The zero-order valence-electron chi connectivity index (χ0n) is 9.23. The van der Waals surface area contributed by atoms with Gasteiger partial charge in [0.25, 0.3) is 0 Å². The van der Waals surface area contributed by atoms with Crippen molar-refractivity contribution in [2.45, 2.75) is 19.4 Å². The number of thioether (sulfide) groups is 1. The van der Waals surface area contributed by atoms with Gasteiger partial charge >= 0.3 is 0 Å². The standard InChI is InChI=1S/C9H19N3O2S/c1-3-12(6-8(11)13)9(14)7(10)4-5-15-2/h7H,3-6,10H2,1-2H3,(H2,11,13)/t7-/m0/s1. The SMILES string of the molecule is CCN(CC(N)=O)C(=O)[C@@H](N)CCSC. The Hall–Kier alpha value is -0.750. The van der Waals surface area contributed by atoms with Gasteiger partial charge < -0.3 is 16.4 Å². The number of likely N-dealkylation sites (N-methyl/N-ethyl adjacent to an activating group) is 1. The molecule has 0 aromatic heterocycles. The van der Waals surface area contributed by atoms with Gasteiger partial charge in [-0.2, -0.15) is 11.8 Å². The molecule has 0 saturated heterocycles. The minimum atomic E-state index is -0.531. The van der Waals surface area contributed by atoms with Crippen LogP contribution in [0.1, 0.15) is 13.3 Å². The number of nitrogens with zero attached hydrogens (tertiary/aromatic N) is 1. The molecule has 0 aliphatic heterocycles. The summed E-state index contributed by atoms with van der Waals surface area (Å²) >= 11 is 1.64. The smallest absolute Gasteiger partial charge is 0.239 e. The highest BCUT2D eigenvalue weighted by atomic mass is 32.2. The van der Waals surface area contributed by atoms with Crippen molar-refractivity contribution in [1.29, 1.82) is 0 Å². The Balaban J connectivity index is 4.17. The minimum absolute atomic E-state index is 0.0533. The summed E-state index contributed by atoms with van der Waals surface area (Å²) in [5.74, 6) is 0.119. The Morgan fingerprint density at radius 2 is 2.07 bits per heavy atom. The molecule has 0 aliphatic rings. The summed E-state index contributed by atoms with van der Waals surface area (Å²) < 4.78 is 0. The van der Waals surface area contributed by atoms with Gasteiger partial charge in [-0.05, 0) is 25.4 Å². The van der Waals surface area contributed by atoms with E-state index in [2.05, 4.69) is 0 Å². The molecular formula is C9H19N3O2S. The Bertz CT molecular complexity index is 223. The lowest BCUT2D eigenvalue weighted by molar-refractivity contribution is -0.136. The van der Waals surface area contributed by atoms with Gasteiger partial charge in [-0.1, -0.05) is 0 Å². The summed E-state index contributed by atoms with van der Waals surface area (Å²) in [6.45, 7) is 2.19. The van der Waals surface area contributed by atoms with Gasteiger partial charge in [0.2, 0.25) is 11.8 Å². The Morgan fingerprint density at radius 3 is 2.47 bits per heavy atom. The number of carbonyl (C=O) groups is 2. The number of hydrogen-bond donors (Lipinski definition) is 2. The second-order valence-electron chi connectivity index (χ2n) is 3.21. The van der Waals surface area contributed by atoms with E-state index >= 15 is 0 Å². The lowest BCUT2D eigenvalue weighted by atomic mass is 10.2. The summed E-state index contributed by atoms with van der Waals surface area (Å²) in [6, 6.07) is -0.531. The number of nitrogens with two attached hydrogens (primary N) is 2. The first-order valence-electron chi connectivity index (χ1n) is 4.84. The molecule has 88 valence electrons. The zero-order chi connectivity index (χ0) is 11.8. The van der Waals surface area contributed by atoms with Crippen LogP contribution in [-0.2, 0) is 9.59 Å². The maximum absolute atomic E-state index is 11.7. The van der Waals surface area contributed by atoms with E-state index in [0.717, 1.165) is 5.75 Å². The van der Waals surface area contributed by atoms with Crippen molar-refractivity contribution >= 4 is 23.6 Å². The topological polar surface area (TPSA) is 89.4 Å². The van der Waals surface area contributed by atoms with E-state index in [1.807, 2.05) is 6.26 Å². The third-order valence-corrected chi connectivity index (χ3v) is 2.63. The predicted octanol–water partition coefficient (Wildman–Crippen LogP) is -0.599. The average molecular weight is 233 g/mol. The second-order valence-corrected chi connectivity index (χ2v) is 4.19. The molecule has 1 atom stereocenters. The molecule has 0 bridgehead atoms. The number of hydrogen-bond acceptors (Lipinski definition) is 4. The molecule has 0 radical (unpaired) electrons. The molecule has 0 fully saturated rings. The molecule has 15 heavy (non-hydrogen) atoms. The summed E-state index contributed by atoms with van der Waals surface area (Å²) in [4.78, 5) is 23.8. The number of carbonyl (C=O) groups excluding carboxylic acids is 2. The van der Waals surface area contributed by atoms with E-state index in [1.165, 1.54) is 4.90 Å². The normalized spacial score (nSPS) is 12.2. The van der Waals surface area contributed by atoms with Crippen LogP contribution >= 0.6 is 11.8 Å². The Labute approximate surface area is 94.5 Å². The summed E-state index contributed by atoms with van der Waals surface area (Å²) in [6.07, 6.45) is 2.58. The highest BCUT2D eigenvalue weighted by molar-refractivity contribution is 7.98.